The molecule has 0 spiro atoms. The minimum Gasteiger partial charge on any atom is -0.497 e. The summed E-state index contributed by atoms with van der Waals surface area (Å²) < 4.78 is 29.7. The van der Waals surface area contributed by atoms with Crippen LogP contribution in [0, 0.1) is 5.82 Å². The molecule has 3 aromatic carbocycles. The van der Waals surface area contributed by atoms with Crippen molar-refractivity contribution >= 4 is 17.8 Å². The van der Waals surface area contributed by atoms with Crippen molar-refractivity contribution in [2.24, 2.45) is 0 Å². The molecule has 0 aliphatic carbocycles. The monoisotopic (exact) mass is 390 g/mol. The first-order chi connectivity index (χ1) is 14.0. The summed E-state index contributed by atoms with van der Waals surface area (Å²) in [5.74, 6) is -0.499. The van der Waals surface area contributed by atoms with Gasteiger partial charge in [-0.15, -0.1) is 0 Å². The van der Waals surface area contributed by atoms with Crippen LogP contribution in [0.25, 0.3) is 6.08 Å². The van der Waals surface area contributed by atoms with E-state index >= 15 is 0 Å². The summed E-state index contributed by atoms with van der Waals surface area (Å²) in [6.45, 7) is 0. The Balaban J connectivity index is 1.54. The molecule has 1 aliphatic rings. The summed E-state index contributed by atoms with van der Waals surface area (Å²) >= 11 is 0. The third kappa shape index (κ3) is 3.73. The molecule has 5 nitrogen and oxygen atoms in total. The molecule has 144 valence electrons. The van der Waals surface area contributed by atoms with Crippen LogP contribution in [0.15, 0.2) is 72.5 Å². The van der Waals surface area contributed by atoms with Crippen molar-refractivity contribution in [3.05, 3.63) is 95.0 Å². The first-order valence-electron chi connectivity index (χ1n) is 8.74. The van der Waals surface area contributed by atoms with Gasteiger partial charge in [-0.2, -0.15) is 0 Å². The standard InChI is InChI=1S/C23H15FO5/c1-27-15-8-6-14(7-9-15)12-21-22(25)18-11-10-16(13-20(18)29-21)28-23(26)17-4-2-3-5-19(17)24/h2-13H,1H3. The largest absolute Gasteiger partial charge is 0.497 e. The lowest BCUT2D eigenvalue weighted by atomic mass is 10.1. The van der Waals surface area contributed by atoms with E-state index in [2.05, 4.69) is 0 Å². The third-order valence-electron chi connectivity index (χ3n) is 4.36. The number of esters is 1. The van der Waals surface area contributed by atoms with E-state index in [0.717, 1.165) is 5.56 Å². The molecule has 0 aromatic heterocycles. The number of halogens is 1. The summed E-state index contributed by atoms with van der Waals surface area (Å²) in [7, 11) is 1.57. The Hall–Kier alpha value is -3.93. The Morgan fingerprint density at radius 3 is 2.45 bits per heavy atom. The van der Waals surface area contributed by atoms with Gasteiger partial charge in [-0.1, -0.05) is 24.3 Å². The fraction of sp³-hybridized carbons (Fsp3) is 0.0435. The second-order valence-corrected chi connectivity index (χ2v) is 6.24. The Bertz CT molecular complexity index is 1130. The quantitative estimate of drug-likeness (QED) is 0.368. The second kappa shape index (κ2) is 7.59. The van der Waals surface area contributed by atoms with Crippen LogP contribution < -0.4 is 14.2 Å². The molecule has 0 radical (unpaired) electrons. The van der Waals surface area contributed by atoms with Crippen molar-refractivity contribution in [3.8, 4) is 17.2 Å². The Kier molecular flexibility index (Phi) is 4.83. The zero-order valence-electron chi connectivity index (χ0n) is 15.3. The molecule has 0 atom stereocenters. The summed E-state index contributed by atoms with van der Waals surface area (Å²) in [5, 5.41) is 0. The van der Waals surface area contributed by atoms with Gasteiger partial charge in [-0.25, -0.2) is 9.18 Å². The van der Waals surface area contributed by atoms with E-state index in [1.54, 1.807) is 43.5 Å². The molecule has 29 heavy (non-hydrogen) atoms. The van der Waals surface area contributed by atoms with Gasteiger partial charge in [0, 0.05) is 6.07 Å². The van der Waals surface area contributed by atoms with E-state index in [1.165, 1.54) is 36.4 Å². The molecule has 4 rings (SSSR count). The fourth-order valence-corrected chi connectivity index (χ4v) is 2.87. The minimum atomic E-state index is -0.832. The smallest absolute Gasteiger partial charge is 0.346 e. The average molecular weight is 390 g/mol. The summed E-state index contributed by atoms with van der Waals surface area (Å²) in [5.41, 5.74) is 0.952. The van der Waals surface area contributed by atoms with Crippen LogP contribution in [0.3, 0.4) is 0 Å². The van der Waals surface area contributed by atoms with Crippen molar-refractivity contribution in [1.29, 1.82) is 0 Å². The molecule has 6 heteroatoms. The molecule has 0 saturated carbocycles. The molecule has 0 fully saturated rings. The van der Waals surface area contributed by atoms with Crippen molar-refractivity contribution < 1.29 is 28.2 Å². The van der Waals surface area contributed by atoms with Gasteiger partial charge in [0.1, 0.15) is 23.1 Å². The number of ketones is 1. The maximum atomic E-state index is 13.7. The van der Waals surface area contributed by atoms with Gasteiger partial charge in [-0.05, 0) is 48.0 Å². The van der Waals surface area contributed by atoms with Crippen LogP contribution in [-0.4, -0.2) is 18.9 Å². The van der Waals surface area contributed by atoms with E-state index in [4.69, 9.17) is 14.2 Å². The number of carbonyl (C=O) groups is 2. The molecule has 0 N–H and O–H groups in total. The van der Waals surface area contributed by atoms with Gasteiger partial charge in [0.05, 0.1) is 18.2 Å². The van der Waals surface area contributed by atoms with E-state index in [1.807, 2.05) is 0 Å². The molecule has 1 aliphatic heterocycles. The molecule has 1 heterocycles. The number of benzene rings is 3. The summed E-state index contributed by atoms with van der Waals surface area (Å²) in [6, 6.07) is 17.1. The van der Waals surface area contributed by atoms with Crippen molar-refractivity contribution in [2.45, 2.75) is 0 Å². The normalized spacial score (nSPS) is 13.7. The first kappa shape index (κ1) is 18.4. The van der Waals surface area contributed by atoms with Gasteiger partial charge < -0.3 is 14.2 Å². The number of rotatable bonds is 4. The van der Waals surface area contributed by atoms with Crippen molar-refractivity contribution in [2.75, 3.05) is 7.11 Å². The maximum Gasteiger partial charge on any atom is 0.346 e. The zero-order chi connectivity index (χ0) is 20.4. The van der Waals surface area contributed by atoms with Gasteiger partial charge in [-0.3, -0.25) is 4.79 Å². The Morgan fingerprint density at radius 1 is 1.00 bits per heavy atom. The van der Waals surface area contributed by atoms with Crippen LogP contribution in [-0.2, 0) is 0 Å². The number of methoxy groups -OCH3 is 1. The van der Waals surface area contributed by atoms with Gasteiger partial charge in [0.15, 0.2) is 5.76 Å². The van der Waals surface area contributed by atoms with E-state index in [0.29, 0.717) is 11.3 Å². The van der Waals surface area contributed by atoms with Crippen molar-refractivity contribution in [1.82, 2.24) is 0 Å². The number of Topliss-reactive ketones (excluding diaryl/α,β-unsaturated/α-hetero) is 1. The minimum absolute atomic E-state index is 0.149. The molecule has 0 amide bonds. The van der Waals surface area contributed by atoms with E-state index in [-0.39, 0.29) is 28.6 Å². The number of hydrogen-bond acceptors (Lipinski definition) is 5. The van der Waals surface area contributed by atoms with Gasteiger partial charge in [0.2, 0.25) is 5.78 Å². The molecule has 0 bridgehead atoms. The van der Waals surface area contributed by atoms with Gasteiger partial charge in [0.25, 0.3) is 0 Å². The third-order valence-corrected chi connectivity index (χ3v) is 4.36. The number of ether oxygens (including phenoxy) is 3. The zero-order valence-corrected chi connectivity index (χ0v) is 15.3. The Labute approximate surface area is 166 Å². The fourth-order valence-electron chi connectivity index (χ4n) is 2.87. The second-order valence-electron chi connectivity index (χ2n) is 6.24. The number of carbonyl (C=O) groups excluding carboxylic acids is 2. The molecule has 3 aromatic rings. The van der Waals surface area contributed by atoms with Crippen LogP contribution in [0.1, 0.15) is 26.3 Å². The highest BCUT2D eigenvalue weighted by Gasteiger charge is 2.28. The van der Waals surface area contributed by atoms with Crippen LogP contribution in [0.4, 0.5) is 4.39 Å². The molecule has 0 unspecified atom stereocenters. The van der Waals surface area contributed by atoms with E-state index < -0.39 is 11.8 Å². The highest BCUT2D eigenvalue weighted by atomic mass is 19.1. The van der Waals surface area contributed by atoms with Crippen LogP contribution >= 0.6 is 0 Å². The summed E-state index contributed by atoms with van der Waals surface area (Å²) in [4.78, 5) is 24.7. The summed E-state index contributed by atoms with van der Waals surface area (Å²) in [6.07, 6.45) is 1.62. The number of fused-ring (bicyclic) bond motifs is 1. The Morgan fingerprint density at radius 2 is 1.72 bits per heavy atom. The number of hydrogen-bond donors (Lipinski definition) is 0. The lowest BCUT2D eigenvalue weighted by Gasteiger charge is -2.06. The first-order valence-corrected chi connectivity index (χ1v) is 8.74. The molecule has 0 saturated heterocycles. The topological polar surface area (TPSA) is 61.8 Å². The predicted octanol–water partition coefficient (Wildman–Crippen LogP) is 4.67. The van der Waals surface area contributed by atoms with Crippen LogP contribution in [0.5, 0.6) is 17.2 Å². The number of allylic oxidation sites excluding steroid dienone is 1. The lowest BCUT2D eigenvalue weighted by Crippen LogP contribution is -2.10. The average Bonchev–Trinajstić information content (AvgIpc) is 3.03. The van der Waals surface area contributed by atoms with E-state index in [9.17, 15) is 14.0 Å². The maximum absolute atomic E-state index is 13.7. The molecular weight excluding hydrogens is 375 g/mol. The van der Waals surface area contributed by atoms with Crippen molar-refractivity contribution in [3.63, 3.8) is 0 Å². The predicted molar refractivity (Wildman–Crippen MR) is 104 cm³/mol. The highest BCUT2D eigenvalue weighted by Crippen LogP contribution is 2.35. The van der Waals surface area contributed by atoms with Gasteiger partial charge >= 0.3 is 5.97 Å². The van der Waals surface area contributed by atoms with Crippen LogP contribution in [0.2, 0.25) is 0 Å². The molecular formula is C23H15FO5. The highest BCUT2D eigenvalue weighted by molar-refractivity contribution is 6.14. The lowest BCUT2D eigenvalue weighted by molar-refractivity contribution is 0.0729. The SMILES string of the molecule is COc1ccc(C=C2Oc3cc(OC(=O)c4ccccc4F)ccc3C2=O)cc1.